The number of hydrogen-bond acceptors (Lipinski definition) is 1. The van der Waals surface area contributed by atoms with Crippen molar-refractivity contribution < 1.29 is 0 Å². The van der Waals surface area contributed by atoms with Gasteiger partial charge in [0, 0.05) is 5.75 Å². The molecule has 66 valence electrons. The zero-order valence-electron chi connectivity index (χ0n) is 8.05. The first-order valence-electron chi connectivity index (χ1n) is 4.38. The van der Waals surface area contributed by atoms with Crippen LogP contribution in [0.2, 0.25) is 0 Å². The summed E-state index contributed by atoms with van der Waals surface area (Å²) in [6.45, 7) is 6.54. The van der Waals surface area contributed by atoms with Crippen molar-refractivity contribution in [3.05, 3.63) is 34.9 Å². The topological polar surface area (TPSA) is 0 Å². The van der Waals surface area contributed by atoms with Gasteiger partial charge in [-0.2, -0.15) is 11.8 Å². The first kappa shape index (κ1) is 9.66. The molecule has 1 rings (SSSR count). The molecular weight excluding hydrogens is 164 g/mol. The van der Waals surface area contributed by atoms with E-state index in [-0.39, 0.29) is 0 Å². The van der Waals surface area contributed by atoms with Crippen LogP contribution in [0.5, 0.6) is 0 Å². The highest BCUT2D eigenvalue weighted by Crippen LogP contribution is 2.17. The lowest BCUT2D eigenvalue weighted by atomic mass is 10.1. The lowest BCUT2D eigenvalue weighted by Gasteiger charge is -2.05. The van der Waals surface area contributed by atoms with E-state index in [9.17, 15) is 0 Å². The highest BCUT2D eigenvalue weighted by molar-refractivity contribution is 7.98. The van der Waals surface area contributed by atoms with E-state index in [1.54, 1.807) is 0 Å². The van der Waals surface area contributed by atoms with E-state index in [0.29, 0.717) is 0 Å². The summed E-state index contributed by atoms with van der Waals surface area (Å²) in [5.41, 5.74) is 4.27. The van der Waals surface area contributed by atoms with Crippen molar-refractivity contribution >= 4 is 11.8 Å². The third-order valence-electron chi connectivity index (χ3n) is 1.97. The molecule has 0 radical (unpaired) electrons. The fraction of sp³-hybridized carbons (Fsp3) is 0.455. The molecule has 1 aromatic rings. The summed E-state index contributed by atoms with van der Waals surface area (Å²) in [5.74, 6) is 2.36. The van der Waals surface area contributed by atoms with Gasteiger partial charge in [-0.15, -0.1) is 0 Å². The highest BCUT2D eigenvalue weighted by Gasteiger charge is 1.97. The number of benzene rings is 1. The van der Waals surface area contributed by atoms with E-state index in [1.807, 2.05) is 11.8 Å². The maximum absolute atomic E-state index is 2.29. The molecule has 0 heterocycles. The van der Waals surface area contributed by atoms with Crippen LogP contribution in [-0.2, 0) is 5.75 Å². The number of aryl methyl sites for hydroxylation is 2. The fourth-order valence-electron chi connectivity index (χ4n) is 1.17. The molecule has 0 nitrogen and oxygen atoms in total. The number of thioether (sulfide) groups is 1. The van der Waals surface area contributed by atoms with Crippen LogP contribution in [0.1, 0.15) is 23.6 Å². The van der Waals surface area contributed by atoms with E-state index in [2.05, 4.69) is 39.0 Å². The summed E-state index contributed by atoms with van der Waals surface area (Å²) in [4.78, 5) is 0. The van der Waals surface area contributed by atoms with Crippen LogP contribution in [0.25, 0.3) is 0 Å². The van der Waals surface area contributed by atoms with Crippen molar-refractivity contribution in [2.24, 2.45) is 0 Å². The Balaban J connectivity index is 2.75. The molecule has 0 aliphatic rings. The third kappa shape index (κ3) is 2.56. The minimum Gasteiger partial charge on any atom is -0.157 e. The highest BCUT2D eigenvalue weighted by atomic mass is 32.2. The quantitative estimate of drug-likeness (QED) is 0.685. The maximum Gasteiger partial charge on any atom is 0.0187 e. The standard InChI is InChI=1S/C11H16S/c1-4-12-8-11-7-9(2)5-6-10(11)3/h5-7H,4,8H2,1-3H3. The largest absolute Gasteiger partial charge is 0.157 e. The molecule has 0 fully saturated rings. The van der Waals surface area contributed by atoms with Gasteiger partial charge in [-0.1, -0.05) is 30.7 Å². The van der Waals surface area contributed by atoms with Gasteiger partial charge in [0.15, 0.2) is 0 Å². The van der Waals surface area contributed by atoms with Crippen molar-refractivity contribution in [3.8, 4) is 0 Å². The minimum atomic E-state index is 1.16. The minimum absolute atomic E-state index is 1.16. The summed E-state index contributed by atoms with van der Waals surface area (Å²) in [6, 6.07) is 6.67. The van der Waals surface area contributed by atoms with Gasteiger partial charge in [0.2, 0.25) is 0 Å². The Hall–Kier alpha value is -0.430. The molecule has 0 amide bonds. The number of rotatable bonds is 3. The zero-order chi connectivity index (χ0) is 8.97. The predicted octanol–water partition coefficient (Wildman–Crippen LogP) is 3.56. The Labute approximate surface area is 79.4 Å². The summed E-state index contributed by atoms with van der Waals surface area (Å²) in [7, 11) is 0. The second-order valence-corrected chi connectivity index (χ2v) is 4.34. The van der Waals surface area contributed by atoms with Crippen LogP contribution in [0.4, 0.5) is 0 Å². The molecule has 0 unspecified atom stereocenters. The fourth-order valence-corrected chi connectivity index (χ4v) is 1.90. The molecule has 0 N–H and O–H groups in total. The molecule has 1 aromatic carbocycles. The molecule has 12 heavy (non-hydrogen) atoms. The monoisotopic (exact) mass is 180 g/mol. The van der Waals surface area contributed by atoms with Crippen LogP contribution in [0.3, 0.4) is 0 Å². The molecule has 0 spiro atoms. The van der Waals surface area contributed by atoms with Gasteiger partial charge >= 0.3 is 0 Å². The van der Waals surface area contributed by atoms with Gasteiger partial charge < -0.3 is 0 Å². The van der Waals surface area contributed by atoms with Gasteiger partial charge in [0.1, 0.15) is 0 Å². The van der Waals surface area contributed by atoms with Gasteiger partial charge in [0.05, 0.1) is 0 Å². The van der Waals surface area contributed by atoms with Crippen molar-refractivity contribution in [3.63, 3.8) is 0 Å². The first-order valence-corrected chi connectivity index (χ1v) is 5.53. The SMILES string of the molecule is CCSCc1cc(C)ccc1C. The zero-order valence-corrected chi connectivity index (χ0v) is 8.87. The van der Waals surface area contributed by atoms with Crippen molar-refractivity contribution in [2.45, 2.75) is 26.5 Å². The Morgan fingerprint density at radius 1 is 1.25 bits per heavy atom. The van der Waals surface area contributed by atoms with Gasteiger partial charge in [-0.05, 0) is 30.7 Å². The van der Waals surface area contributed by atoms with Crippen LogP contribution >= 0.6 is 11.8 Å². The molecule has 1 heteroatoms. The molecule has 0 aromatic heterocycles. The Morgan fingerprint density at radius 2 is 2.00 bits per heavy atom. The molecular formula is C11H16S. The summed E-state index contributed by atoms with van der Waals surface area (Å²) in [6.07, 6.45) is 0. The smallest absolute Gasteiger partial charge is 0.0187 e. The average Bonchev–Trinajstić information content (AvgIpc) is 2.07. The molecule has 0 saturated heterocycles. The lowest BCUT2D eigenvalue weighted by molar-refractivity contribution is 1.27. The Bertz CT molecular complexity index is 253. The molecule has 0 aliphatic heterocycles. The van der Waals surface area contributed by atoms with E-state index < -0.39 is 0 Å². The molecule has 0 aliphatic carbocycles. The van der Waals surface area contributed by atoms with E-state index in [0.717, 1.165) is 5.75 Å². The van der Waals surface area contributed by atoms with Crippen molar-refractivity contribution in [1.29, 1.82) is 0 Å². The lowest BCUT2D eigenvalue weighted by Crippen LogP contribution is -1.87. The maximum atomic E-state index is 2.29. The predicted molar refractivity (Wildman–Crippen MR) is 57.8 cm³/mol. The van der Waals surface area contributed by atoms with Crippen LogP contribution in [0, 0.1) is 13.8 Å². The first-order chi connectivity index (χ1) is 5.74. The Morgan fingerprint density at radius 3 is 2.67 bits per heavy atom. The van der Waals surface area contributed by atoms with Crippen LogP contribution in [-0.4, -0.2) is 5.75 Å². The van der Waals surface area contributed by atoms with Crippen LogP contribution in [0.15, 0.2) is 18.2 Å². The van der Waals surface area contributed by atoms with E-state index >= 15 is 0 Å². The summed E-state index contributed by atoms with van der Waals surface area (Å²) >= 11 is 1.98. The summed E-state index contributed by atoms with van der Waals surface area (Å²) < 4.78 is 0. The molecule has 0 saturated carbocycles. The second-order valence-electron chi connectivity index (χ2n) is 3.07. The van der Waals surface area contributed by atoms with Crippen molar-refractivity contribution in [1.82, 2.24) is 0 Å². The molecule has 0 bridgehead atoms. The normalized spacial score (nSPS) is 10.2. The van der Waals surface area contributed by atoms with E-state index in [4.69, 9.17) is 0 Å². The third-order valence-corrected chi connectivity index (χ3v) is 2.89. The van der Waals surface area contributed by atoms with Crippen molar-refractivity contribution in [2.75, 3.05) is 5.75 Å². The summed E-state index contributed by atoms with van der Waals surface area (Å²) in [5, 5.41) is 0. The molecule has 0 atom stereocenters. The van der Waals surface area contributed by atoms with Crippen LogP contribution < -0.4 is 0 Å². The number of hydrogen-bond donors (Lipinski definition) is 0. The van der Waals surface area contributed by atoms with E-state index in [1.165, 1.54) is 22.4 Å². The Kier molecular flexibility index (Phi) is 3.67. The second kappa shape index (κ2) is 4.56. The van der Waals surface area contributed by atoms with Gasteiger partial charge in [0.25, 0.3) is 0 Å². The van der Waals surface area contributed by atoms with Gasteiger partial charge in [-0.3, -0.25) is 0 Å². The average molecular weight is 180 g/mol. The van der Waals surface area contributed by atoms with Gasteiger partial charge in [-0.25, -0.2) is 0 Å².